The second-order valence-corrected chi connectivity index (χ2v) is 8.32. The molecule has 0 saturated heterocycles. The van der Waals surface area contributed by atoms with E-state index < -0.39 is 11.9 Å². The number of carbonyl (C=O) groups is 3. The van der Waals surface area contributed by atoms with E-state index in [9.17, 15) is 14.7 Å². The lowest BCUT2D eigenvalue weighted by molar-refractivity contribution is -0.134. The smallest absolute Gasteiger partial charge is 0.300 e. The van der Waals surface area contributed by atoms with Crippen molar-refractivity contribution >= 4 is 51.1 Å². The number of aryl methyl sites for hydroxylation is 1. The summed E-state index contributed by atoms with van der Waals surface area (Å²) in [5.41, 5.74) is 3.52. The molecule has 0 unspecified atom stereocenters. The van der Waals surface area contributed by atoms with E-state index in [1.165, 1.54) is 12.0 Å². The number of fused-ring (bicyclic) bond motifs is 1. The quantitative estimate of drug-likeness (QED) is 0.357. The minimum Gasteiger partial charge on any atom is -0.503 e. The van der Waals surface area contributed by atoms with Gasteiger partial charge in [0.25, 0.3) is 17.8 Å². The van der Waals surface area contributed by atoms with Crippen molar-refractivity contribution in [2.45, 2.75) is 13.8 Å². The number of imide groups is 1. The maximum atomic E-state index is 13.5. The van der Waals surface area contributed by atoms with Crippen LogP contribution < -0.4 is 9.64 Å². The van der Waals surface area contributed by atoms with E-state index in [4.69, 9.17) is 14.6 Å². The van der Waals surface area contributed by atoms with Crippen LogP contribution in [0.15, 0.2) is 65.1 Å². The first-order valence-electron chi connectivity index (χ1n) is 10.2. The van der Waals surface area contributed by atoms with Crippen LogP contribution >= 0.6 is 15.9 Å². The summed E-state index contributed by atoms with van der Waals surface area (Å²) in [4.78, 5) is 36.8. The van der Waals surface area contributed by atoms with Gasteiger partial charge in [0.1, 0.15) is 0 Å². The standard InChI is InChI=1S/C24H18BrNO4.C2H4O2/c1-14-6-5-7-16(10-14)26-23(28)18-9-4-3-8-17(18)19(24(26)29)11-15-12-20(25)22(27)21(13-15)30-2;1-2(3)4/h3-13,27H,1-2H3;1H3,(H,3,4)/b19-11-;. The summed E-state index contributed by atoms with van der Waals surface area (Å²) < 4.78 is 5.66. The van der Waals surface area contributed by atoms with Crippen LogP contribution in [-0.2, 0) is 9.59 Å². The fourth-order valence-electron chi connectivity index (χ4n) is 3.49. The van der Waals surface area contributed by atoms with Crippen LogP contribution in [0.2, 0.25) is 0 Å². The molecule has 0 aliphatic carbocycles. The van der Waals surface area contributed by atoms with Gasteiger partial charge in [0.05, 0.1) is 17.3 Å². The monoisotopic (exact) mass is 523 g/mol. The summed E-state index contributed by atoms with van der Waals surface area (Å²) in [6.45, 7) is 2.99. The number of carboxylic acids is 1. The van der Waals surface area contributed by atoms with Crippen LogP contribution in [0.4, 0.5) is 5.69 Å². The molecule has 0 spiro atoms. The number of carbonyl (C=O) groups excluding carboxylic acids is 2. The fraction of sp³-hybridized carbons (Fsp3) is 0.115. The van der Waals surface area contributed by atoms with Crippen molar-refractivity contribution in [2.24, 2.45) is 0 Å². The highest BCUT2D eigenvalue weighted by Gasteiger charge is 2.35. The molecule has 3 aromatic rings. The van der Waals surface area contributed by atoms with Gasteiger partial charge >= 0.3 is 0 Å². The Morgan fingerprint density at radius 1 is 1.00 bits per heavy atom. The number of hydrogen-bond donors (Lipinski definition) is 2. The highest BCUT2D eigenvalue weighted by molar-refractivity contribution is 9.10. The number of anilines is 1. The molecule has 2 amide bonds. The molecule has 7 nitrogen and oxygen atoms in total. The topological polar surface area (TPSA) is 104 Å². The third kappa shape index (κ3) is 5.18. The molecule has 2 N–H and O–H groups in total. The van der Waals surface area contributed by atoms with Gasteiger partial charge < -0.3 is 14.9 Å². The summed E-state index contributed by atoms with van der Waals surface area (Å²) in [5.74, 6) is -1.35. The minimum absolute atomic E-state index is 0.0217. The number of benzene rings is 3. The zero-order valence-corrected chi connectivity index (χ0v) is 20.3. The van der Waals surface area contributed by atoms with Gasteiger partial charge in [-0.3, -0.25) is 14.4 Å². The summed E-state index contributed by atoms with van der Waals surface area (Å²) >= 11 is 3.31. The van der Waals surface area contributed by atoms with Gasteiger partial charge in [0.2, 0.25) is 0 Å². The Labute approximate surface area is 205 Å². The van der Waals surface area contributed by atoms with E-state index >= 15 is 0 Å². The fourth-order valence-corrected chi connectivity index (χ4v) is 3.95. The van der Waals surface area contributed by atoms with E-state index in [-0.39, 0.29) is 17.4 Å². The first-order chi connectivity index (χ1) is 16.1. The molecule has 0 radical (unpaired) electrons. The summed E-state index contributed by atoms with van der Waals surface area (Å²) in [6.07, 6.45) is 1.70. The second-order valence-electron chi connectivity index (χ2n) is 7.46. The Hall–Kier alpha value is -3.91. The highest BCUT2D eigenvalue weighted by atomic mass is 79.9. The van der Waals surface area contributed by atoms with Gasteiger partial charge in [0.15, 0.2) is 11.5 Å². The van der Waals surface area contributed by atoms with Crippen molar-refractivity contribution in [1.29, 1.82) is 0 Å². The van der Waals surface area contributed by atoms with Crippen LogP contribution in [0.5, 0.6) is 11.5 Å². The van der Waals surface area contributed by atoms with Crippen LogP contribution in [0, 0.1) is 6.92 Å². The summed E-state index contributed by atoms with van der Waals surface area (Å²) in [6, 6.07) is 17.7. The molecular weight excluding hydrogens is 502 g/mol. The first-order valence-corrected chi connectivity index (χ1v) is 11.0. The number of phenols is 1. The second kappa shape index (κ2) is 10.4. The predicted octanol–water partition coefficient (Wildman–Crippen LogP) is 5.29. The zero-order chi connectivity index (χ0) is 25.0. The van der Waals surface area contributed by atoms with Gasteiger partial charge in [-0.2, -0.15) is 0 Å². The zero-order valence-electron chi connectivity index (χ0n) is 18.7. The van der Waals surface area contributed by atoms with Gasteiger partial charge in [-0.25, -0.2) is 4.90 Å². The molecule has 0 aromatic heterocycles. The van der Waals surface area contributed by atoms with Crippen molar-refractivity contribution < 1.29 is 29.3 Å². The maximum Gasteiger partial charge on any atom is 0.300 e. The number of halogens is 1. The summed E-state index contributed by atoms with van der Waals surface area (Å²) in [7, 11) is 1.46. The number of hydrogen-bond acceptors (Lipinski definition) is 5. The Balaban J connectivity index is 0.000000751. The van der Waals surface area contributed by atoms with E-state index in [1.807, 2.05) is 25.1 Å². The highest BCUT2D eigenvalue weighted by Crippen LogP contribution is 2.38. The average molecular weight is 524 g/mol. The maximum absolute atomic E-state index is 13.5. The minimum atomic E-state index is -0.833. The van der Waals surface area contributed by atoms with Crippen molar-refractivity contribution in [2.75, 3.05) is 12.0 Å². The molecule has 0 saturated carbocycles. The lowest BCUT2D eigenvalue weighted by Crippen LogP contribution is -2.41. The van der Waals surface area contributed by atoms with Gasteiger partial charge in [-0.05, 0) is 76.0 Å². The van der Waals surface area contributed by atoms with E-state index in [0.29, 0.717) is 32.4 Å². The third-order valence-corrected chi connectivity index (χ3v) is 5.53. The SMILES string of the molecule is CC(=O)O.COc1cc(/C=C2\C(=O)N(c3cccc(C)c3)C(=O)c3ccccc32)cc(Br)c1O. The number of nitrogens with zero attached hydrogens (tertiary/aromatic N) is 1. The van der Waals surface area contributed by atoms with Crippen LogP contribution in [0.25, 0.3) is 11.6 Å². The normalized spacial score (nSPS) is 13.8. The Morgan fingerprint density at radius 3 is 2.26 bits per heavy atom. The van der Waals surface area contributed by atoms with E-state index in [0.717, 1.165) is 12.5 Å². The lowest BCUT2D eigenvalue weighted by Gasteiger charge is -2.29. The molecule has 1 aliphatic heterocycles. The molecule has 1 aliphatic rings. The average Bonchev–Trinajstić information content (AvgIpc) is 2.78. The number of aromatic hydroxyl groups is 1. The molecule has 0 fully saturated rings. The molecule has 0 bridgehead atoms. The molecule has 174 valence electrons. The molecule has 0 atom stereocenters. The number of ether oxygens (including phenoxy) is 1. The number of phenolic OH excluding ortho intramolecular Hbond substituents is 1. The van der Waals surface area contributed by atoms with Crippen LogP contribution in [0.3, 0.4) is 0 Å². The third-order valence-electron chi connectivity index (χ3n) is 4.93. The van der Waals surface area contributed by atoms with E-state index in [2.05, 4.69) is 15.9 Å². The first kappa shape index (κ1) is 24.7. The van der Waals surface area contributed by atoms with E-state index in [1.54, 1.807) is 48.5 Å². The predicted molar refractivity (Wildman–Crippen MR) is 133 cm³/mol. The number of methoxy groups -OCH3 is 1. The Kier molecular flexibility index (Phi) is 7.53. The van der Waals surface area contributed by atoms with Crippen molar-refractivity contribution in [3.8, 4) is 11.5 Å². The summed E-state index contributed by atoms with van der Waals surface area (Å²) in [5, 5.41) is 17.5. The number of amides is 2. The Morgan fingerprint density at radius 2 is 1.65 bits per heavy atom. The Bertz CT molecular complexity index is 1310. The molecule has 1 heterocycles. The number of aliphatic carboxylic acids is 1. The molecular formula is C26H22BrNO6. The lowest BCUT2D eigenvalue weighted by atomic mass is 9.91. The molecule has 4 rings (SSSR count). The van der Waals surface area contributed by atoms with Crippen LogP contribution in [-0.4, -0.2) is 35.1 Å². The number of carboxylic acid groups (broad SMARTS) is 1. The molecule has 3 aromatic carbocycles. The number of rotatable bonds is 3. The largest absolute Gasteiger partial charge is 0.503 e. The molecule has 8 heteroatoms. The van der Waals surface area contributed by atoms with Crippen molar-refractivity contribution in [3.05, 3.63) is 87.4 Å². The van der Waals surface area contributed by atoms with Gasteiger partial charge in [-0.15, -0.1) is 0 Å². The van der Waals surface area contributed by atoms with Gasteiger partial charge in [-0.1, -0.05) is 30.3 Å². The van der Waals surface area contributed by atoms with Gasteiger partial charge in [0, 0.05) is 18.1 Å². The molecule has 34 heavy (non-hydrogen) atoms. The van der Waals surface area contributed by atoms with Crippen LogP contribution in [0.1, 0.15) is 34.0 Å². The van der Waals surface area contributed by atoms with Crippen molar-refractivity contribution in [1.82, 2.24) is 0 Å². The van der Waals surface area contributed by atoms with Crippen molar-refractivity contribution in [3.63, 3.8) is 0 Å².